The molecule has 184 valence electrons. The van der Waals surface area contributed by atoms with Gasteiger partial charge in [0.1, 0.15) is 0 Å². The van der Waals surface area contributed by atoms with E-state index in [1.807, 2.05) is 72.8 Å². The summed E-state index contributed by atoms with van der Waals surface area (Å²) in [5, 5.41) is 2.99. The summed E-state index contributed by atoms with van der Waals surface area (Å²) < 4.78 is 27.1. The fourth-order valence-electron chi connectivity index (χ4n) is 4.11. The Hall–Kier alpha value is -3.90. The molecule has 0 aromatic heterocycles. The Bertz CT molecular complexity index is 1400. The maximum absolute atomic E-state index is 12.8. The van der Waals surface area contributed by atoms with Crippen LogP contribution in [0, 0.1) is 0 Å². The molecule has 1 atom stereocenters. The van der Waals surface area contributed by atoms with Crippen LogP contribution in [0.15, 0.2) is 109 Å². The fourth-order valence-corrected chi connectivity index (χ4v) is 5.01. The lowest BCUT2D eigenvalue weighted by Crippen LogP contribution is -2.30. The predicted octanol–water partition coefficient (Wildman–Crippen LogP) is 5.85. The minimum atomic E-state index is -3.56. The van der Waals surface area contributed by atoms with E-state index in [2.05, 4.69) is 24.4 Å². The molecule has 0 radical (unpaired) electrons. The number of carbonyl (C=O) groups is 1. The average Bonchev–Trinajstić information content (AvgIpc) is 2.91. The molecule has 0 saturated carbocycles. The van der Waals surface area contributed by atoms with Crippen molar-refractivity contribution in [2.45, 2.75) is 19.4 Å². The standard InChI is InChI=1S/C30H30N2O3S/c1-23(25-11-5-3-6-12-25)21-31-30(33)27-19-17-24(18-20-27)22-32(36(2,34)35)29-16-10-9-15-28(29)26-13-7-4-8-14-26/h3-20,23H,21-22H2,1-2H3,(H,31,33)/t23-/m1/s1. The summed E-state index contributed by atoms with van der Waals surface area (Å²) in [5.41, 5.74) is 4.89. The summed E-state index contributed by atoms with van der Waals surface area (Å²) in [6.45, 7) is 2.77. The molecule has 36 heavy (non-hydrogen) atoms. The number of benzene rings is 4. The molecular weight excluding hydrogens is 468 g/mol. The van der Waals surface area contributed by atoms with Gasteiger partial charge >= 0.3 is 0 Å². The lowest BCUT2D eigenvalue weighted by atomic mass is 10.0. The summed E-state index contributed by atoms with van der Waals surface area (Å²) in [7, 11) is -3.56. The van der Waals surface area contributed by atoms with Crippen LogP contribution in [0.4, 0.5) is 5.69 Å². The van der Waals surface area contributed by atoms with E-state index in [0.717, 1.165) is 16.7 Å². The highest BCUT2D eigenvalue weighted by Crippen LogP contribution is 2.33. The van der Waals surface area contributed by atoms with Crippen molar-refractivity contribution in [1.29, 1.82) is 0 Å². The van der Waals surface area contributed by atoms with Crippen LogP contribution in [-0.2, 0) is 16.6 Å². The summed E-state index contributed by atoms with van der Waals surface area (Å²) in [6, 6.07) is 34.3. The highest BCUT2D eigenvalue weighted by atomic mass is 32.2. The van der Waals surface area contributed by atoms with Gasteiger partial charge < -0.3 is 5.32 Å². The van der Waals surface area contributed by atoms with Crippen LogP contribution >= 0.6 is 0 Å². The first-order valence-corrected chi connectivity index (χ1v) is 13.7. The average molecular weight is 499 g/mol. The Labute approximate surface area is 213 Å². The molecule has 5 nitrogen and oxygen atoms in total. The van der Waals surface area contributed by atoms with Crippen molar-refractivity contribution in [2.24, 2.45) is 0 Å². The van der Waals surface area contributed by atoms with Crippen molar-refractivity contribution in [3.05, 3.63) is 126 Å². The molecule has 4 aromatic rings. The normalized spacial score (nSPS) is 12.1. The van der Waals surface area contributed by atoms with Crippen LogP contribution in [-0.4, -0.2) is 27.1 Å². The third kappa shape index (κ3) is 6.20. The van der Waals surface area contributed by atoms with Crippen molar-refractivity contribution in [2.75, 3.05) is 17.1 Å². The zero-order valence-electron chi connectivity index (χ0n) is 20.5. The number of anilines is 1. The van der Waals surface area contributed by atoms with Crippen LogP contribution in [0.5, 0.6) is 0 Å². The molecule has 4 aromatic carbocycles. The second kappa shape index (κ2) is 11.2. The highest BCUT2D eigenvalue weighted by molar-refractivity contribution is 7.92. The lowest BCUT2D eigenvalue weighted by molar-refractivity contribution is 0.0951. The number of carbonyl (C=O) groups excluding carboxylic acids is 1. The summed E-state index contributed by atoms with van der Waals surface area (Å²) in [6.07, 6.45) is 1.21. The van der Waals surface area contributed by atoms with Crippen LogP contribution < -0.4 is 9.62 Å². The van der Waals surface area contributed by atoms with Gasteiger partial charge in [0, 0.05) is 17.7 Å². The highest BCUT2D eigenvalue weighted by Gasteiger charge is 2.21. The quantitative estimate of drug-likeness (QED) is 0.315. The molecule has 0 aliphatic rings. The van der Waals surface area contributed by atoms with E-state index in [0.29, 0.717) is 17.8 Å². The Morgan fingerprint density at radius 1 is 0.806 bits per heavy atom. The van der Waals surface area contributed by atoms with Crippen LogP contribution in [0.3, 0.4) is 0 Å². The first kappa shape index (κ1) is 25.2. The Morgan fingerprint density at radius 3 is 2.03 bits per heavy atom. The van der Waals surface area contributed by atoms with E-state index in [4.69, 9.17) is 0 Å². The minimum absolute atomic E-state index is 0.154. The Kier molecular flexibility index (Phi) is 7.86. The number of nitrogens with zero attached hydrogens (tertiary/aromatic N) is 1. The monoisotopic (exact) mass is 498 g/mol. The van der Waals surface area contributed by atoms with Gasteiger partial charge in [-0.05, 0) is 40.8 Å². The molecule has 6 heteroatoms. The van der Waals surface area contributed by atoms with Crippen molar-refractivity contribution >= 4 is 21.6 Å². The maximum Gasteiger partial charge on any atom is 0.251 e. The molecule has 0 bridgehead atoms. The Morgan fingerprint density at radius 2 is 1.39 bits per heavy atom. The van der Waals surface area contributed by atoms with Crippen molar-refractivity contribution in [3.8, 4) is 11.1 Å². The number of para-hydroxylation sites is 1. The van der Waals surface area contributed by atoms with Gasteiger partial charge in [0.2, 0.25) is 10.0 Å². The van der Waals surface area contributed by atoms with Gasteiger partial charge in [-0.2, -0.15) is 0 Å². The van der Waals surface area contributed by atoms with Crippen LogP contribution in [0.25, 0.3) is 11.1 Å². The molecule has 1 N–H and O–H groups in total. The van der Waals surface area contributed by atoms with E-state index in [9.17, 15) is 13.2 Å². The molecule has 0 unspecified atom stereocenters. The number of amides is 1. The third-order valence-corrected chi connectivity index (χ3v) is 7.26. The molecule has 0 spiro atoms. The lowest BCUT2D eigenvalue weighted by Gasteiger charge is -2.25. The predicted molar refractivity (Wildman–Crippen MR) is 147 cm³/mol. The first-order valence-electron chi connectivity index (χ1n) is 11.9. The van der Waals surface area contributed by atoms with Gasteiger partial charge in [0.15, 0.2) is 0 Å². The molecule has 0 saturated heterocycles. The zero-order chi connectivity index (χ0) is 25.5. The molecule has 0 heterocycles. The molecule has 0 aliphatic carbocycles. The number of hydrogen-bond donors (Lipinski definition) is 1. The molecule has 4 rings (SSSR count). The zero-order valence-corrected chi connectivity index (χ0v) is 21.3. The first-order chi connectivity index (χ1) is 17.3. The smallest absolute Gasteiger partial charge is 0.251 e. The topological polar surface area (TPSA) is 66.5 Å². The van der Waals surface area contributed by atoms with Gasteiger partial charge in [0.25, 0.3) is 5.91 Å². The SMILES string of the molecule is C[C@H](CNC(=O)c1ccc(CN(c2ccccc2-c2ccccc2)S(C)(=O)=O)cc1)c1ccccc1. The van der Waals surface area contributed by atoms with E-state index >= 15 is 0 Å². The van der Waals surface area contributed by atoms with Gasteiger partial charge in [0.05, 0.1) is 18.5 Å². The van der Waals surface area contributed by atoms with Gasteiger partial charge in [-0.25, -0.2) is 8.42 Å². The molecular formula is C30H30N2O3S. The van der Waals surface area contributed by atoms with Crippen molar-refractivity contribution in [1.82, 2.24) is 5.32 Å². The van der Waals surface area contributed by atoms with E-state index in [-0.39, 0.29) is 18.4 Å². The number of nitrogens with one attached hydrogen (secondary N) is 1. The Balaban J connectivity index is 1.50. The number of hydrogen-bond acceptors (Lipinski definition) is 3. The molecule has 1 amide bonds. The largest absolute Gasteiger partial charge is 0.351 e. The molecule has 0 fully saturated rings. The van der Waals surface area contributed by atoms with Gasteiger partial charge in [-0.1, -0.05) is 97.9 Å². The molecule has 0 aliphatic heterocycles. The van der Waals surface area contributed by atoms with E-state index in [1.54, 1.807) is 24.3 Å². The van der Waals surface area contributed by atoms with Crippen molar-refractivity contribution in [3.63, 3.8) is 0 Å². The third-order valence-electron chi connectivity index (χ3n) is 6.14. The summed E-state index contributed by atoms with van der Waals surface area (Å²) >= 11 is 0. The van der Waals surface area contributed by atoms with Gasteiger partial charge in [-0.15, -0.1) is 0 Å². The van der Waals surface area contributed by atoms with Gasteiger partial charge in [-0.3, -0.25) is 9.10 Å². The van der Waals surface area contributed by atoms with Crippen molar-refractivity contribution < 1.29 is 13.2 Å². The van der Waals surface area contributed by atoms with Crippen LogP contribution in [0.1, 0.15) is 34.3 Å². The number of sulfonamides is 1. The van der Waals surface area contributed by atoms with Crippen LogP contribution in [0.2, 0.25) is 0 Å². The van der Waals surface area contributed by atoms with E-state index < -0.39 is 10.0 Å². The second-order valence-electron chi connectivity index (χ2n) is 8.87. The maximum atomic E-state index is 12.8. The summed E-state index contributed by atoms with van der Waals surface area (Å²) in [5.74, 6) is 0.0427. The minimum Gasteiger partial charge on any atom is -0.351 e. The van der Waals surface area contributed by atoms with E-state index in [1.165, 1.54) is 16.1 Å². The second-order valence-corrected chi connectivity index (χ2v) is 10.8. The number of rotatable bonds is 9. The fraction of sp³-hybridized carbons (Fsp3) is 0.167. The summed E-state index contributed by atoms with van der Waals surface area (Å²) in [4.78, 5) is 12.7.